The minimum atomic E-state index is -0.682. The average Bonchev–Trinajstić information content (AvgIpc) is 2.85. The zero-order valence-electron chi connectivity index (χ0n) is 8.78. The van der Waals surface area contributed by atoms with Gasteiger partial charge in [-0.25, -0.2) is 0 Å². The van der Waals surface area contributed by atoms with Crippen LogP contribution in [0.25, 0.3) is 0 Å². The van der Waals surface area contributed by atoms with Gasteiger partial charge in [0.1, 0.15) is 0 Å². The summed E-state index contributed by atoms with van der Waals surface area (Å²) in [6.07, 6.45) is 4.07. The van der Waals surface area contributed by atoms with Crippen LogP contribution in [0, 0.1) is 0 Å². The molecular weight excluding hydrogens is 204 g/mol. The van der Waals surface area contributed by atoms with Gasteiger partial charge < -0.3 is 15.3 Å². The Hall–Kier alpha value is -1.65. The van der Waals surface area contributed by atoms with Crippen LogP contribution in [0.4, 0.5) is 0 Å². The molecule has 2 unspecified atom stereocenters. The van der Waals surface area contributed by atoms with Gasteiger partial charge in [-0.2, -0.15) is 0 Å². The summed E-state index contributed by atoms with van der Waals surface area (Å²) in [5, 5.41) is 10.1. The molecule has 0 amide bonds. The second-order valence-corrected chi connectivity index (χ2v) is 3.60. The first-order chi connectivity index (χ1) is 7.83. The number of hydrogen-bond donors (Lipinski definition) is 2. The van der Waals surface area contributed by atoms with Gasteiger partial charge in [-0.1, -0.05) is 6.07 Å². The van der Waals surface area contributed by atoms with Crippen molar-refractivity contribution in [3.05, 3.63) is 54.2 Å². The zero-order chi connectivity index (χ0) is 11.4. The highest BCUT2D eigenvalue weighted by Crippen LogP contribution is 2.28. The summed E-state index contributed by atoms with van der Waals surface area (Å²) in [7, 11) is 0. The molecule has 0 saturated heterocycles. The van der Waals surface area contributed by atoms with E-state index in [9.17, 15) is 5.11 Å². The number of rotatable bonds is 4. The normalized spacial score (nSPS) is 14.6. The third kappa shape index (κ3) is 2.13. The van der Waals surface area contributed by atoms with Crippen LogP contribution >= 0.6 is 0 Å². The Kier molecular flexibility index (Phi) is 3.34. The van der Waals surface area contributed by atoms with Gasteiger partial charge in [0.25, 0.3) is 0 Å². The maximum absolute atomic E-state index is 10.1. The standard InChI is InChI=1S/C12H14N2O2/c13-7-10(11-3-1-2-5-14-11)12(15)9-4-6-16-8-9/h1-6,8,10,12,15H,7,13H2. The summed E-state index contributed by atoms with van der Waals surface area (Å²) in [4.78, 5) is 4.21. The van der Waals surface area contributed by atoms with Crippen LogP contribution in [-0.2, 0) is 0 Å². The number of nitrogens with two attached hydrogens (primary N) is 1. The lowest BCUT2D eigenvalue weighted by atomic mass is 9.94. The molecule has 0 aliphatic carbocycles. The van der Waals surface area contributed by atoms with E-state index >= 15 is 0 Å². The fourth-order valence-electron chi connectivity index (χ4n) is 1.68. The summed E-state index contributed by atoms with van der Waals surface area (Å²) in [6, 6.07) is 7.31. The van der Waals surface area contributed by atoms with Crippen molar-refractivity contribution >= 4 is 0 Å². The fraction of sp³-hybridized carbons (Fsp3) is 0.250. The van der Waals surface area contributed by atoms with Crippen LogP contribution in [0.3, 0.4) is 0 Å². The van der Waals surface area contributed by atoms with Gasteiger partial charge >= 0.3 is 0 Å². The molecule has 0 fully saturated rings. The van der Waals surface area contributed by atoms with Crippen LogP contribution in [0.15, 0.2) is 47.4 Å². The minimum absolute atomic E-state index is 0.209. The molecule has 4 nitrogen and oxygen atoms in total. The van der Waals surface area contributed by atoms with Crippen molar-refractivity contribution in [2.45, 2.75) is 12.0 Å². The smallest absolute Gasteiger partial charge is 0.0960 e. The van der Waals surface area contributed by atoms with Gasteiger partial charge in [-0.15, -0.1) is 0 Å². The highest BCUT2D eigenvalue weighted by atomic mass is 16.3. The molecule has 2 aromatic heterocycles. The van der Waals surface area contributed by atoms with E-state index in [1.54, 1.807) is 12.3 Å². The number of furan rings is 1. The predicted molar refractivity (Wildman–Crippen MR) is 59.7 cm³/mol. The lowest BCUT2D eigenvalue weighted by molar-refractivity contribution is 0.145. The summed E-state index contributed by atoms with van der Waals surface area (Å²) < 4.78 is 4.94. The van der Waals surface area contributed by atoms with Crippen molar-refractivity contribution in [2.24, 2.45) is 5.73 Å². The van der Waals surface area contributed by atoms with Gasteiger partial charge in [0, 0.05) is 29.9 Å². The van der Waals surface area contributed by atoms with Crippen LogP contribution in [0.5, 0.6) is 0 Å². The molecule has 2 aromatic rings. The molecule has 0 radical (unpaired) electrons. The first kappa shape index (κ1) is 10.9. The van der Waals surface area contributed by atoms with Crippen LogP contribution in [-0.4, -0.2) is 16.6 Å². The monoisotopic (exact) mass is 218 g/mol. The van der Waals surface area contributed by atoms with Gasteiger partial charge in [-0.3, -0.25) is 4.98 Å². The first-order valence-electron chi connectivity index (χ1n) is 5.14. The van der Waals surface area contributed by atoms with Crippen LogP contribution < -0.4 is 5.73 Å². The molecular formula is C12H14N2O2. The Morgan fingerprint density at radius 3 is 2.81 bits per heavy atom. The van der Waals surface area contributed by atoms with Crippen molar-refractivity contribution in [1.29, 1.82) is 0 Å². The van der Waals surface area contributed by atoms with E-state index in [0.717, 1.165) is 11.3 Å². The molecule has 16 heavy (non-hydrogen) atoms. The van der Waals surface area contributed by atoms with Gasteiger partial charge in [0.15, 0.2) is 0 Å². The van der Waals surface area contributed by atoms with Gasteiger partial charge in [0.05, 0.1) is 18.6 Å². The first-order valence-corrected chi connectivity index (χ1v) is 5.14. The molecule has 2 rings (SSSR count). The van der Waals surface area contributed by atoms with E-state index < -0.39 is 6.10 Å². The van der Waals surface area contributed by atoms with Gasteiger partial charge in [0.2, 0.25) is 0 Å². The highest BCUT2D eigenvalue weighted by Gasteiger charge is 2.23. The molecule has 0 spiro atoms. The van der Waals surface area contributed by atoms with E-state index in [-0.39, 0.29) is 5.92 Å². The summed E-state index contributed by atoms with van der Waals surface area (Å²) in [5.41, 5.74) is 7.19. The Bertz CT molecular complexity index is 414. The molecule has 4 heteroatoms. The van der Waals surface area contributed by atoms with E-state index in [0.29, 0.717) is 6.54 Å². The van der Waals surface area contributed by atoms with E-state index in [2.05, 4.69) is 4.98 Å². The number of hydrogen-bond acceptors (Lipinski definition) is 4. The lowest BCUT2D eigenvalue weighted by Gasteiger charge is -2.19. The van der Waals surface area contributed by atoms with E-state index in [4.69, 9.17) is 10.2 Å². The van der Waals surface area contributed by atoms with Crippen molar-refractivity contribution in [1.82, 2.24) is 4.98 Å². The van der Waals surface area contributed by atoms with Crippen LogP contribution in [0.2, 0.25) is 0 Å². The highest BCUT2D eigenvalue weighted by molar-refractivity contribution is 5.19. The SMILES string of the molecule is NCC(c1ccccn1)C(O)c1ccoc1. The number of aromatic nitrogens is 1. The topological polar surface area (TPSA) is 72.3 Å². The Labute approximate surface area is 93.7 Å². The van der Waals surface area contributed by atoms with Crippen molar-refractivity contribution in [3.63, 3.8) is 0 Å². The molecule has 0 aliphatic rings. The number of nitrogens with zero attached hydrogens (tertiary/aromatic N) is 1. The van der Waals surface area contributed by atoms with E-state index in [1.165, 1.54) is 12.5 Å². The van der Waals surface area contributed by atoms with Crippen molar-refractivity contribution in [2.75, 3.05) is 6.54 Å². The minimum Gasteiger partial charge on any atom is -0.472 e. The Balaban J connectivity index is 2.23. The van der Waals surface area contributed by atoms with Crippen molar-refractivity contribution < 1.29 is 9.52 Å². The third-order valence-electron chi connectivity index (χ3n) is 2.59. The summed E-state index contributed by atoms with van der Waals surface area (Å²) in [6.45, 7) is 0.337. The van der Waals surface area contributed by atoms with E-state index in [1.807, 2.05) is 18.2 Å². The molecule has 0 aliphatic heterocycles. The molecule has 2 atom stereocenters. The maximum Gasteiger partial charge on any atom is 0.0960 e. The maximum atomic E-state index is 10.1. The number of pyridine rings is 1. The number of aliphatic hydroxyl groups excluding tert-OH is 1. The second kappa shape index (κ2) is 4.92. The molecule has 2 heterocycles. The Morgan fingerprint density at radius 1 is 1.38 bits per heavy atom. The Morgan fingerprint density at radius 2 is 2.25 bits per heavy atom. The molecule has 84 valence electrons. The average molecular weight is 218 g/mol. The third-order valence-corrected chi connectivity index (χ3v) is 2.59. The quantitative estimate of drug-likeness (QED) is 0.814. The zero-order valence-corrected chi connectivity index (χ0v) is 8.78. The lowest BCUT2D eigenvalue weighted by Crippen LogP contribution is -2.20. The number of aliphatic hydroxyl groups is 1. The van der Waals surface area contributed by atoms with Crippen LogP contribution in [0.1, 0.15) is 23.3 Å². The molecule has 0 aromatic carbocycles. The largest absolute Gasteiger partial charge is 0.472 e. The van der Waals surface area contributed by atoms with Gasteiger partial charge in [-0.05, 0) is 18.2 Å². The summed E-state index contributed by atoms with van der Waals surface area (Å²) in [5.74, 6) is -0.209. The summed E-state index contributed by atoms with van der Waals surface area (Å²) >= 11 is 0. The van der Waals surface area contributed by atoms with Crippen molar-refractivity contribution in [3.8, 4) is 0 Å². The molecule has 0 bridgehead atoms. The predicted octanol–water partition coefficient (Wildman–Crippen LogP) is 1.45. The molecule has 3 N–H and O–H groups in total. The molecule has 0 saturated carbocycles. The second-order valence-electron chi connectivity index (χ2n) is 3.60. The fourth-order valence-corrected chi connectivity index (χ4v) is 1.68.